The van der Waals surface area contributed by atoms with Crippen molar-refractivity contribution in [3.8, 4) is 6.07 Å². The van der Waals surface area contributed by atoms with Crippen molar-refractivity contribution < 1.29 is 9.53 Å². The molecule has 0 aromatic heterocycles. The Morgan fingerprint density at radius 2 is 2.08 bits per heavy atom. The first-order valence-electron chi connectivity index (χ1n) is 8.00. The molecule has 2 aromatic carbocycles. The fourth-order valence-electron chi connectivity index (χ4n) is 2.73. The average molecular weight is 356 g/mol. The maximum Gasteiger partial charge on any atom is 0.322 e. The van der Waals surface area contributed by atoms with Gasteiger partial charge in [0.25, 0.3) is 0 Å². The topological polar surface area (TPSA) is 65.4 Å². The number of anilines is 1. The van der Waals surface area contributed by atoms with E-state index in [9.17, 15) is 4.79 Å². The highest BCUT2D eigenvalue weighted by Crippen LogP contribution is 2.24. The number of rotatable bonds is 2. The number of carbonyl (C=O) groups excluding carboxylic acids is 1. The summed E-state index contributed by atoms with van der Waals surface area (Å²) in [6, 6.07) is 14.6. The Morgan fingerprint density at radius 3 is 2.80 bits per heavy atom. The van der Waals surface area contributed by atoms with Crippen LogP contribution in [0.15, 0.2) is 42.5 Å². The molecule has 0 radical (unpaired) electrons. The Bertz CT molecular complexity index is 814. The second-order valence-electron chi connectivity index (χ2n) is 5.93. The van der Waals surface area contributed by atoms with Crippen molar-refractivity contribution in [1.82, 2.24) is 4.90 Å². The van der Waals surface area contributed by atoms with E-state index in [2.05, 4.69) is 11.4 Å². The third-order valence-electron chi connectivity index (χ3n) is 4.20. The largest absolute Gasteiger partial charge is 0.370 e. The first kappa shape index (κ1) is 17.3. The highest BCUT2D eigenvalue weighted by Gasteiger charge is 2.25. The minimum Gasteiger partial charge on any atom is -0.370 e. The number of nitriles is 1. The molecule has 1 N–H and O–H groups in total. The minimum absolute atomic E-state index is 0.177. The Labute approximate surface area is 151 Å². The zero-order valence-corrected chi connectivity index (χ0v) is 14.6. The van der Waals surface area contributed by atoms with Gasteiger partial charge in [-0.3, -0.25) is 0 Å². The van der Waals surface area contributed by atoms with Crippen LogP contribution in [0.25, 0.3) is 0 Å². The zero-order valence-electron chi connectivity index (χ0n) is 13.8. The van der Waals surface area contributed by atoms with Gasteiger partial charge in [-0.1, -0.05) is 29.8 Å². The predicted molar refractivity (Wildman–Crippen MR) is 96.6 cm³/mol. The Balaban J connectivity index is 1.70. The lowest BCUT2D eigenvalue weighted by Gasteiger charge is -2.33. The molecular weight excluding hydrogens is 338 g/mol. The number of amides is 2. The lowest BCUT2D eigenvalue weighted by atomic mass is 10.1. The molecule has 3 rings (SSSR count). The van der Waals surface area contributed by atoms with Crippen molar-refractivity contribution in [3.05, 3.63) is 64.2 Å². The monoisotopic (exact) mass is 355 g/mol. The van der Waals surface area contributed by atoms with E-state index in [0.717, 1.165) is 11.1 Å². The predicted octanol–water partition coefficient (Wildman–Crippen LogP) is 4.13. The summed E-state index contributed by atoms with van der Waals surface area (Å²) in [5.41, 5.74) is 3.07. The first-order chi connectivity index (χ1) is 12.1. The summed E-state index contributed by atoms with van der Waals surface area (Å²) < 4.78 is 5.79. The average Bonchev–Trinajstić information content (AvgIpc) is 2.64. The van der Waals surface area contributed by atoms with Gasteiger partial charge in [0.05, 0.1) is 24.8 Å². The molecule has 0 bridgehead atoms. The van der Waals surface area contributed by atoms with E-state index in [1.807, 2.05) is 37.3 Å². The van der Waals surface area contributed by atoms with E-state index in [1.54, 1.807) is 17.0 Å². The summed E-state index contributed by atoms with van der Waals surface area (Å²) in [7, 11) is 0. The molecule has 2 aromatic rings. The summed E-state index contributed by atoms with van der Waals surface area (Å²) in [6.45, 7) is 3.35. The van der Waals surface area contributed by atoms with Crippen LogP contribution in [-0.2, 0) is 4.74 Å². The van der Waals surface area contributed by atoms with Crippen molar-refractivity contribution in [2.24, 2.45) is 0 Å². The van der Waals surface area contributed by atoms with Gasteiger partial charge in [-0.15, -0.1) is 0 Å². The molecule has 1 aliphatic heterocycles. The second-order valence-corrected chi connectivity index (χ2v) is 6.37. The van der Waals surface area contributed by atoms with Gasteiger partial charge in [0.15, 0.2) is 0 Å². The molecule has 0 aliphatic carbocycles. The van der Waals surface area contributed by atoms with Crippen LogP contribution < -0.4 is 5.32 Å². The van der Waals surface area contributed by atoms with Gasteiger partial charge in [-0.2, -0.15) is 5.26 Å². The van der Waals surface area contributed by atoms with E-state index < -0.39 is 0 Å². The van der Waals surface area contributed by atoms with Crippen LogP contribution in [0.2, 0.25) is 5.02 Å². The van der Waals surface area contributed by atoms with Gasteiger partial charge >= 0.3 is 6.03 Å². The van der Waals surface area contributed by atoms with Crippen LogP contribution in [0, 0.1) is 18.3 Å². The Morgan fingerprint density at radius 1 is 1.32 bits per heavy atom. The summed E-state index contributed by atoms with van der Waals surface area (Å²) in [4.78, 5) is 14.3. The highest BCUT2D eigenvalue weighted by molar-refractivity contribution is 6.30. The van der Waals surface area contributed by atoms with Gasteiger partial charge in [-0.05, 0) is 42.3 Å². The lowest BCUT2D eigenvalue weighted by molar-refractivity contribution is -0.0135. The Hall–Kier alpha value is -2.55. The number of hydrogen-bond acceptors (Lipinski definition) is 3. The number of carbonyl (C=O) groups is 1. The number of ether oxygens (including phenoxy) is 1. The van der Waals surface area contributed by atoms with Crippen molar-refractivity contribution in [3.63, 3.8) is 0 Å². The van der Waals surface area contributed by atoms with Gasteiger partial charge in [0.1, 0.15) is 6.10 Å². The highest BCUT2D eigenvalue weighted by atomic mass is 35.5. The second kappa shape index (κ2) is 7.56. The van der Waals surface area contributed by atoms with Crippen LogP contribution in [0.4, 0.5) is 10.5 Å². The number of benzene rings is 2. The number of aryl methyl sites for hydroxylation is 1. The van der Waals surface area contributed by atoms with Gasteiger partial charge in [-0.25, -0.2) is 4.79 Å². The molecule has 1 heterocycles. The van der Waals surface area contributed by atoms with Crippen LogP contribution >= 0.6 is 11.6 Å². The standard InChI is InChI=1S/C19H18ClN3O2/c1-13-2-3-14(11-21)10-17(13)22-19(24)23-8-9-25-18(12-23)15-4-6-16(20)7-5-15/h2-7,10,18H,8-9,12H2,1H3,(H,22,24). The molecule has 25 heavy (non-hydrogen) atoms. The van der Waals surface area contributed by atoms with E-state index in [4.69, 9.17) is 21.6 Å². The number of urea groups is 1. The van der Waals surface area contributed by atoms with Crippen LogP contribution in [0.3, 0.4) is 0 Å². The van der Waals surface area contributed by atoms with Crippen molar-refractivity contribution in [1.29, 1.82) is 5.26 Å². The number of hydrogen-bond donors (Lipinski definition) is 1. The maximum atomic E-state index is 12.6. The molecule has 5 nitrogen and oxygen atoms in total. The van der Waals surface area contributed by atoms with Gasteiger partial charge in [0.2, 0.25) is 0 Å². The maximum absolute atomic E-state index is 12.6. The quantitative estimate of drug-likeness (QED) is 0.881. The fraction of sp³-hybridized carbons (Fsp3) is 0.263. The van der Waals surface area contributed by atoms with Crippen molar-refractivity contribution in [2.75, 3.05) is 25.0 Å². The van der Waals surface area contributed by atoms with Crippen LogP contribution in [-0.4, -0.2) is 30.6 Å². The molecule has 1 atom stereocenters. The normalized spacial score (nSPS) is 17.0. The van der Waals surface area contributed by atoms with E-state index in [1.165, 1.54) is 0 Å². The third kappa shape index (κ3) is 4.11. The minimum atomic E-state index is -0.194. The molecule has 1 fully saturated rings. The SMILES string of the molecule is Cc1ccc(C#N)cc1NC(=O)N1CCOC(c2ccc(Cl)cc2)C1. The van der Waals surface area contributed by atoms with Gasteiger partial charge < -0.3 is 15.0 Å². The van der Waals surface area contributed by atoms with E-state index in [0.29, 0.717) is 36.0 Å². The number of nitrogens with one attached hydrogen (secondary N) is 1. The summed E-state index contributed by atoms with van der Waals surface area (Å²) in [5.74, 6) is 0. The molecule has 2 amide bonds. The summed E-state index contributed by atoms with van der Waals surface area (Å²) in [5, 5.41) is 12.6. The molecule has 1 aliphatic rings. The number of nitrogens with zero attached hydrogens (tertiary/aromatic N) is 2. The van der Waals surface area contributed by atoms with Crippen LogP contribution in [0.1, 0.15) is 22.8 Å². The van der Waals surface area contributed by atoms with Crippen molar-refractivity contribution in [2.45, 2.75) is 13.0 Å². The number of halogens is 1. The van der Waals surface area contributed by atoms with Crippen LogP contribution in [0.5, 0.6) is 0 Å². The molecular formula is C19H18ClN3O2. The molecule has 0 spiro atoms. The molecule has 6 heteroatoms. The van der Waals surface area contributed by atoms with E-state index >= 15 is 0 Å². The smallest absolute Gasteiger partial charge is 0.322 e. The fourth-order valence-corrected chi connectivity index (χ4v) is 2.86. The Kier molecular flexibility index (Phi) is 5.22. The zero-order chi connectivity index (χ0) is 17.8. The van der Waals surface area contributed by atoms with E-state index in [-0.39, 0.29) is 12.1 Å². The molecule has 128 valence electrons. The van der Waals surface area contributed by atoms with Crippen molar-refractivity contribution >= 4 is 23.3 Å². The first-order valence-corrected chi connectivity index (χ1v) is 8.38. The molecule has 0 saturated carbocycles. The lowest BCUT2D eigenvalue weighted by Crippen LogP contribution is -2.44. The third-order valence-corrected chi connectivity index (χ3v) is 4.46. The molecule has 1 unspecified atom stereocenters. The molecule has 1 saturated heterocycles. The summed E-state index contributed by atoms with van der Waals surface area (Å²) in [6.07, 6.45) is -0.177. The van der Waals surface area contributed by atoms with Gasteiger partial charge in [0, 0.05) is 17.3 Å². The summed E-state index contributed by atoms with van der Waals surface area (Å²) >= 11 is 5.92. The number of morpholine rings is 1.